The third kappa shape index (κ3) is 2.97. The van der Waals surface area contributed by atoms with E-state index in [-0.39, 0.29) is 29.7 Å². The zero-order chi connectivity index (χ0) is 26.6. The predicted octanol–water partition coefficient (Wildman–Crippen LogP) is 3.15. The molecule has 1 fully saturated rings. The van der Waals surface area contributed by atoms with Crippen molar-refractivity contribution in [3.8, 4) is 0 Å². The van der Waals surface area contributed by atoms with Crippen LogP contribution in [0, 0.1) is 5.92 Å². The normalized spacial score (nSPS) is 31.7. The van der Waals surface area contributed by atoms with Crippen LogP contribution >= 0.6 is 23.2 Å². The van der Waals surface area contributed by atoms with Crippen LogP contribution in [0.3, 0.4) is 0 Å². The molecule has 1 aromatic heterocycles. The van der Waals surface area contributed by atoms with Crippen molar-refractivity contribution in [1.82, 2.24) is 9.88 Å². The molecule has 3 aromatic rings. The third-order valence-electron chi connectivity index (χ3n) is 8.31. The van der Waals surface area contributed by atoms with Crippen molar-refractivity contribution in [2.24, 2.45) is 5.92 Å². The van der Waals surface area contributed by atoms with Gasteiger partial charge in [-0.3, -0.25) is 14.9 Å². The predicted molar refractivity (Wildman–Crippen MR) is 142 cm³/mol. The molecule has 7 atom stereocenters. The Morgan fingerprint density at radius 3 is 2.61 bits per heavy atom. The highest BCUT2D eigenvalue weighted by Gasteiger charge is 2.48. The lowest BCUT2D eigenvalue weighted by atomic mass is 9.85. The second kappa shape index (κ2) is 8.29. The van der Waals surface area contributed by atoms with Crippen molar-refractivity contribution in [2.75, 3.05) is 11.9 Å². The van der Waals surface area contributed by atoms with Crippen LogP contribution < -0.4 is 10.6 Å². The number of hydrogen-bond acceptors (Lipinski definition) is 7. The number of amides is 2. The van der Waals surface area contributed by atoms with Crippen LogP contribution in [-0.2, 0) is 4.74 Å². The molecule has 9 nitrogen and oxygen atoms in total. The Labute approximate surface area is 226 Å². The van der Waals surface area contributed by atoms with Gasteiger partial charge in [-0.25, -0.2) is 0 Å². The number of rotatable bonds is 2. The van der Waals surface area contributed by atoms with Crippen LogP contribution in [0.4, 0.5) is 5.69 Å². The van der Waals surface area contributed by atoms with Crippen molar-refractivity contribution >= 4 is 62.5 Å². The first-order chi connectivity index (χ1) is 18.2. The van der Waals surface area contributed by atoms with Gasteiger partial charge < -0.3 is 29.9 Å². The summed E-state index contributed by atoms with van der Waals surface area (Å²) < 4.78 is 7.89. The number of aromatic nitrogens is 1. The van der Waals surface area contributed by atoms with Gasteiger partial charge in [0.05, 0.1) is 57.7 Å². The van der Waals surface area contributed by atoms with E-state index in [1.165, 1.54) is 0 Å². The van der Waals surface area contributed by atoms with Crippen LogP contribution in [0.2, 0.25) is 5.02 Å². The number of nitrogens with one attached hydrogen (secondary N) is 2. The first-order valence-corrected chi connectivity index (χ1v) is 13.1. The second-order valence-corrected chi connectivity index (χ2v) is 11.1. The molecule has 11 heteroatoms. The number of aliphatic hydroxyl groups is 3. The standard InChI is InChI=1S/C27H23Cl2N3O6/c1-9-14(8-33)38-27(24(35)23(9)34)32-21-11(5-3-7-13(21)29)16-18-17(25(36)31-26(18)37)15-10-4-2-6-12(28)19(10)30-20(15)22(16)32/h2-7,9-10,14,19,23-24,27,30,33-35H,8H2,1H3,(H,31,36,37). The van der Waals surface area contributed by atoms with E-state index >= 15 is 0 Å². The quantitative estimate of drug-likeness (QED) is 0.307. The Hall–Kier alpha value is -2.92. The molecule has 1 aliphatic carbocycles. The zero-order valence-corrected chi connectivity index (χ0v) is 21.5. The van der Waals surface area contributed by atoms with Crippen LogP contribution in [0.25, 0.3) is 21.8 Å². The Bertz CT molecular complexity index is 1640. The lowest BCUT2D eigenvalue weighted by Crippen LogP contribution is -2.52. The molecular weight excluding hydrogens is 533 g/mol. The number of ether oxygens (including phenoxy) is 1. The van der Waals surface area contributed by atoms with E-state index in [1.54, 1.807) is 35.8 Å². The molecule has 3 aliphatic heterocycles. The highest BCUT2D eigenvalue weighted by atomic mass is 35.5. The monoisotopic (exact) mass is 555 g/mol. The first kappa shape index (κ1) is 24.1. The molecule has 38 heavy (non-hydrogen) atoms. The number of nitrogens with zero attached hydrogens (tertiary/aromatic N) is 1. The van der Waals surface area contributed by atoms with E-state index < -0.39 is 42.3 Å². The summed E-state index contributed by atoms with van der Waals surface area (Å²) in [4.78, 5) is 26.5. The fourth-order valence-electron chi connectivity index (χ4n) is 6.49. The minimum atomic E-state index is -1.38. The fourth-order valence-corrected chi connectivity index (χ4v) is 7.02. The van der Waals surface area contributed by atoms with E-state index in [0.717, 1.165) is 0 Å². The maximum Gasteiger partial charge on any atom is 0.259 e. The summed E-state index contributed by atoms with van der Waals surface area (Å²) in [5.41, 5.74) is 2.62. The largest absolute Gasteiger partial charge is 0.394 e. The Morgan fingerprint density at radius 2 is 1.84 bits per heavy atom. The molecule has 7 unspecified atom stereocenters. The van der Waals surface area contributed by atoms with Gasteiger partial charge in [-0.2, -0.15) is 0 Å². The number of allylic oxidation sites excluding steroid dienone is 2. The zero-order valence-electron chi connectivity index (χ0n) is 20.0. The highest BCUT2D eigenvalue weighted by molar-refractivity contribution is 6.39. The number of fused-ring (bicyclic) bond motifs is 10. The number of anilines is 1. The molecule has 4 aliphatic rings. The van der Waals surface area contributed by atoms with E-state index in [2.05, 4.69) is 10.6 Å². The summed E-state index contributed by atoms with van der Waals surface area (Å²) in [5.74, 6) is -1.89. The maximum atomic E-state index is 13.3. The summed E-state index contributed by atoms with van der Waals surface area (Å²) >= 11 is 13.3. The molecular formula is C27H23Cl2N3O6. The van der Waals surface area contributed by atoms with Crippen LogP contribution in [0.5, 0.6) is 0 Å². The molecule has 7 rings (SSSR count). The van der Waals surface area contributed by atoms with Crippen LogP contribution in [-0.4, -0.2) is 62.7 Å². The summed E-state index contributed by atoms with van der Waals surface area (Å²) in [5, 5.41) is 40.0. The third-order valence-corrected chi connectivity index (χ3v) is 8.98. The van der Waals surface area contributed by atoms with Gasteiger partial charge in [0, 0.05) is 33.2 Å². The number of para-hydroxylation sites is 1. The lowest BCUT2D eigenvalue weighted by Gasteiger charge is -2.42. The Balaban J connectivity index is 1.64. The molecule has 0 radical (unpaired) electrons. The summed E-state index contributed by atoms with van der Waals surface area (Å²) in [6, 6.07) is 4.84. The molecule has 0 spiro atoms. The number of benzene rings is 2. The van der Waals surface area contributed by atoms with E-state index in [9.17, 15) is 24.9 Å². The van der Waals surface area contributed by atoms with Gasteiger partial charge in [-0.05, 0) is 12.1 Å². The fraction of sp³-hybridized carbons (Fsp3) is 0.333. The van der Waals surface area contributed by atoms with Crippen LogP contribution in [0.1, 0.15) is 45.3 Å². The smallest absolute Gasteiger partial charge is 0.259 e. The van der Waals surface area contributed by atoms with Crippen LogP contribution in [0.15, 0.2) is 41.5 Å². The minimum Gasteiger partial charge on any atom is -0.394 e. The average molecular weight is 556 g/mol. The molecule has 1 saturated heterocycles. The molecule has 196 valence electrons. The molecule has 0 saturated carbocycles. The molecule has 2 amide bonds. The lowest BCUT2D eigenvalue weighted by molar-refractivity contribution is -0.227. The van der Waals surface area contributed by atoms with Gasteiger partial charge in [-0.15, -0.1) is 0 Å². The van der Waals surface area contributed by atoms with Gasteiger partial charge >= 0.3 is 0 Å². The number of hydrogen-bond donors (Lipinski definition) is 5. The van der Waals surface area contributed by atoms with Crippen molar-refractivity contribution in [3.05, 3.63) is 63.2 Å². The van der Waals surface area contributed by atoms with Crippen molar-refractivity contribution in [1.29, 1.82) is 0 Å². The maximum absolute atomic E-state index is 13.3. The number of imide groups is 1. The molecule has 4 heterocycles. The molecule has 0 bridgehead atoms. The van der Waals surface area contributed by atoms with Gasteiger partial charge in [0.15, 0.2) is 6.23 Å². The average Bonchev–Trinajstić information content (AvgIpc) is 3.53. The topological polar surface area (TPSA) is 133 Å². The van der Waals surface area contributed by atoms with Crippen molar-refractivity contribution < 1.29 is 29.6 Å². The Morgan fingerprint density at radius 1 is 1.08 bits per heavy atom. The van der Waals surface area contributed by atoms with Crippen molar-refractivity contribution in [3.63, 3.8) is 0 Å². The van der Waals surface area contributed by atoms with E-state index in [1.807, 2.05) is 12.2 Å². The molecule has 5 N–H and O–H groups in total. The van der Waals surface area contributed by atoms with E-state index in [4.69, 9.17) is 27.9 Å². The second-order valence-electron chi connectivity index (χ2n) is 10.2. The number of aliphatic hydroxyl groups excluding tert-OH is 3. The summed E-state index contributed by atoms with van der Waals surface area (Å²) in [6.07, 6.45) is 1.00. The molecule has 2 aromatic carbocycles. The number of halogens is 2. The summed E-state index contributed by atoms with van der Waals surface area (Å²) in [6.45, 7) is 1.32. The number of carbonyl (C=O) groups is 2. The van der Waals surface area contributed by atoms with Crippen molar-refractivity contribution in [2.45, 2.75) is 43.4 Å². The summed E-state index contributed by atoms with van der Waals surface area (Å²) in [7, 11) is 0. The highest BCUT2D eigenvalue weighted by Crippen LogP contribution is 2.53. The van der Waals surface area contributed by atoms with Gasteiger partial charge in [0.25, 0.3) is 11.8 Å². The number of carbonyl (C=O) groups excluding carboxylic acids is 2. The Kier molecular flexibility index (Phi) is 5.27. The van der Waals surface area contributed by atoms with E-state index in [0.29, 0.717) is 43.1 Å². The van der Waals surface area contributed by atoms with Gasteiger partial charge in [0.1, 0.15) is 6.10 Å². The first-order valence-electron chi connectivity index (χ1n) is 12.3. The van der Waals surface area contributed by atoms with Gasteiger partial charge in [-0.1, -0.05) is 54.4 Å². The van der Waals surface area contributed by atoms with Gasteiger partial charge in [0.2, 0.25) is 0 Å². The minimum absolute atomic E-state index is 0.217. The SMILES string of the molecule is CC1C(CO)OC(n2c3c(Cl)cccc3c3c4c(c5c(c32)NC2C(Cl)=CC=CC52)C(=O)NC4=O)C(O)C1O.